The number of hydrogen-bond donors (Lipinski definition) is 0. The molecule has 0 bridgehead atoms. The molecule has 0 atom stereocenters. The van der Waals surface area contributed by atoms with E-state index < -0.39 is 0 Å². The van der Waals surface area contributed by atoms with Gasteiger partial charge in [-0.05, 0) is 13.0 Å². The third kappa shape index (κ3) is 5.01. The molecule has 0 saturated heterocycles. The van der Waals surface area contributed by atoms with Crippen LogP contribution in [0.15, 0.2) is 36.9 Å². The van der Waals surface area contributed by atoms with E-state index in [1.54, 1.807) is 0 Å². The number of halogens is 1. The Bertz CT molecular complexity index is 301. The molecule has 0 radical (unpaired) electrons. The molecule has 0 aliphatic carbocycles. The van der Waals surface area contributed by atoms with Crippen LogP contribution >= 0.6 is 0 Å². The molecular formula is C13H20ClN. The molecule has 0 saturated carbocycles. The van der Waals surface area contributed by atoms with Crippen LogP contribution in [0.2, 0.25) is 0 Å². The highest BCUT2D eigenvalue weighted by atomic mass is 35.5. The Balaban J connectivity index is 0.00000196. The lowest BCUT2D eigenvalue weighted by Crippen LogP contribution is -3.00. The number of quaternary nitrogens is 1. The summed E-state index contributed by atoms with van der Waals surface area (Å²) in [6.07, 6.45) is 1.98. The first-order chi connectivity index (χ1) is 6.53. The normalized spacial score (nSPS) is 10.6. The fourth-order valence-electron chi connectivity index (χ4n) is 1.60. The second kappa shape index (κ2) is 5.94. The minimum Gasteiger partial charge on any atom is -1.00 e. The van der Waals surface area contributed by atoms with Crippen LogP contribution in [0.1, 0.15) is 11.1 Å². The molecule has 1 rings (SSSR count). The molecule has 1 aromatic rings. The van der Waals surface area contributed by atoms with E-state index in [9.17, 15) is 0 Å². The van der Waals surface area contributed by atoms with Crippen LogP contribution in [0, 0.1) is 6.92 Å². The number of aryl methyl sites for hydroxylation is 1. The smallest absolute Gasteiger partial charge is 0.104 e. The van der Waals surface area contributed by atoms with Gasteiger partial charge in [0, 0.05) is 5.56 Å². The molecule has 2 heteroatoms. The van der Waals surface area contributed by atoms with Crippen molar-refractivity contribution < 1.29 is 16.9 Å². The van der Waals surface area contributed by atoms with Crippen LogP contribution in [0.4, 0.5) is 0 Å². The lowest BCUT2D eigenvalue weighted by atomic mass is 10.1. The lowest BCUT2D eigenvalue weighted by molar-refractivity contribution is -0.897. The minimum absolute atomic E-state index is 0. The van der Waals surface area contributed by atoms with Gasteiger partial charge in [0.25, 0.3) is 0 Å². The number of likely N-dealkylation sites (N-methyl/N-ethyl adjacent to an activating group) is 1. The van der Waals surface area contributed by atoms with Gasteiger partial charge in [-0.15, -0.1) is 0 Å². The predicted octanol–water partition coefficient (Wildman–Crippen LogP) is -0.239. The maximum absolute atomic E-state index is 3.79. The molecule has 0 aliphatic heterocycles. The topological polar surface area (TPSA) is 0 Å². The average Bonchev–Trinajstić information content (AvgIpc) is 2.08. The van der Waals surface area contributed by atoms with E-state index in [2.05, 4.69) is 51.9 Å². The van der Waals surface area contributed by atoms with Crippen LogP contribution in [-0.4, -0.2) is 25.1 Å². The summed E-state index contributed by atoms with van der Waals surface area (Å²) < 4.78 is 0.965. The van der Waals surface area contributed by atoms with E-state index in [0.29, 0.717) is 0 Å². The molecule has 0 heterocycles. The largest absolute Gasteiger partial charge is 1.00 e. The highest BCUT2D eigenvalue weighted by molar-refractivity contribution is 5.20. The molecule has 0 aromatic heterocycles. The van der Waals surface area contributed by atoms with Crippen molar-refractivity contribution in [3.63, 3.8) is 0 Å². The van der Waals surface area contributed by atoms with Gasteiger partial charge in [-0.25, -0.2) is 0 Å². The van der Waals surface area contributed by atoms with E-state index in [4.69, 9.17) is 0 Å². The number of hydrogen-bond acceptors (Lipinski definition) is 0. The molecule has 0 amide bonds. The van der Waals surface area contributed by atoms with Crippen LogP contribution in [0.3, 0.4) is 0 Å². The van der Waals surface area contributed by atoms with Crippen molar-refractivity contribution in [1.82, 2.24) is 0 Å². The fourth-order valence-corrected chi connectivity index (χ4v) is 1.60. The Morgan fingerprint density at radius 1 is 1.20 bits per heavy atom. The molecule has 84 valence electrons. The molecule has 1 aromatic carbocycles. The Labute approximate surface area is 99.4 Å². The first kappa shape index (κ1) is 14.2. The molecule has 0 aliphatic rings. The highest BCUT2D eigenvalue weighted by Gasteiger charge is 2.12. The second-order valence-corrected chi connectivity index (χ2v) is 4.55. The van der Waals surface area contributed by atoms with Gasteiger partial charge in [-0.3, -0.25) is 0 Å². The van der Waals surface area contributed by atoms with Gasteiger partial charge >= 0.3 is 0 Å². The van der Waals surface area contributed by atoms with Gasteiger partial charge in [-0.1, -0.05) is 36.4 Å². The molecule has 0 spiro atoms. The summed E-state index contributed by atoms with van der Waals surface area (Å²) in [5.41, 5.74) is 2.71. The van der Waals surface area contributed by atoms with Crippen molar-refractivity contribution in [1.29, 1.82) is 0 Å². The molecular weight excluding hydrogens is 206 g/mol. The third-order valence-corrected chi connectivity index (χ3v) is 2.35. The fraction of sp³-hybridized carbons (Fsp3) is 0.385. The van der Waals surface area contributed by atoms with Gasteiger partial charge in [0.1, 0.15) is 6.54 Å². The van der Waals surface area contributed by atoms with Crippen LogP contribution in [0.5, 0.6) is 0 Å². The van der Waals surface area contributed by atoms with E-state index in [1.807, 2.05) is 6.08 Å². The minimum atomic E-state index is 0. The Hall–Kier alpha value is -0.790. The Morgan fingerprint density at radius 2 is 1.73 bits per heavy atom. The van der Waals surface area contributed by atoms with E-state index in [0.717, 1.165) is 17.6 Å². The average molecular weight is 226 g/mol. The molecule has 15 heavy (non-hydrogen) atoms. The lowest BCUT2D eigenvalue weighted by Gasteiger charge is -2.28. The van der Waals surface area contributed by atoms with Crippen molar-refractivity contribution in [3.05, 3.63) is 48.0 Å². The van der Waals surface area contributed by atoms with Gasteiger partial charge in [0.05, 0.1) is 20.6 Å². The van der Waals surface area contributed by atoms with Crippen LogP contribution in [-0.2, 0) is 6.54 Å². The van der Waals surface area contributed by atoms with Crippen molar-refractivity contribution in [2.45, 2.75) is 13.5 Å². The first-order valence-electron chi connectivity index (χ1n) is 5.02. The SMILES string of the molecule is C=CC[N+](C)(C)Cc1ccc(C)cc1.[Cl-]. The summed E-state index contributed by atoms with van der Waals surface area (Å²) in [7, 11) is 4.45. The number of rotatable bonds is 4. The summed E-state index contributed by atoms with van der Waals surface area (Å²) in [6.45, 7) is 7.97. The van der Waals surface area contributed by atoms with Gasteiger partial charge < -0.3 is 16.9 Å². The summed E-state index contributed by atoms with van der Waals surface area (Å²) in [6, 6.07) is 8.75. The van der Waals surface area contributed by atoms with Crippen molar-refractivity contribution in [2.24, 2.45) is 0 Å². The highest BCUT2D eigenvalue weighted by Crippen LogP contribution is 2.10. The number of benzene rings is 1. The molecule has 0 N–H and O–H groups in total. The van der Waals surface area contributed by atoms with E-state index in [1.165, 1.54) is 11.1 Å². The molecule has 0 unspecified atom stereocenters. The monoisotopic (exact) mass is 225 g/mol. The van der Waals surface area contributed by atoms with E-state index in [-0.39, 0.29) is 12.4 Å². The third-order valence-electron chi connectivity index (χ3n) is 2.35. The zero-order chi connectivity index (χ0) is 10.6. The van der Waals surface area contributed by atoms with Gasteiger partial charge in [0.2, 0.25) is 0 Å². The first-order valence-corrected chi connectivity index (χ1v) is 5.02. The summed E-state index contributed by atoms with van der Waals surface area (Å²) in [4.78, 5) is 0. The van der Waals surface area contributed by atoms with Crippen LogP contribution in [0.25, 0.3) is 0 Å². The summed E-state index contributed by atoms with van der Waals surface area (Å²) in [5, 5.41) is 0. The quantitative estimate of drug-likeness (QED) is 0.490. The maximum Gasteiger partial charge on any atom is 0.104 e. The van der Waals surface area contributed by atoms with E-state index >= 15 is 0 Å². The van der Waals surface area contributed by atoms with Crippen molar-refractivity contribution in [3.8, 4) is 0 Å². The predicted molar refractivity (Wildman–Crippen MR) is 62.1 cm³/mol. The Morgan fingerprint density at radius 3 is 2.20 bits per heavy atom. The summed E-state index contributed by atoms with van der Waals surface area (Å²) >= 11 is 0. The second-order valence-electron chi connectivity index (χ2n) is 4.55. The maximum atomic E-state index is 3.79. The van der Waals surface area contributed by atoms with Crippen LogP contribution < -0.4 is 12.4 Å². The summed E-state index contributed by atoms with van der Waals surface area (Å²) in [5.74, 6) is 0. The Kier molecular flexibility index (Phi) is 5.63. The van der Waals surface area contributed by atoms with Gasteiger partial charge in [0.15, 0.2) is 0 Å². The van der Waals surface area contributed by atoms with Crippen molar-refractivity contribution >= 4 is 0 Å². The molecule has 1 nitrogen and oxygen atoms in total. The standard InChI is InChI=1S/C13H20N.ClH/c1-5-10-14(3,4)11-13-8-6-12(2)7-9-13;/h5-9H,1,10-11H2,2-4H3;1H/q+1;/p-1. The molecule has 0 fully saturated rings. The number of nitrogens with zero attached hydrogens (tertiary/aromatic N) is 1. The van der Waals surface area contributed by atoms with Crippen molar-refractivity contribution in [2.75, 3.05) is 20.6 Å². The van der Waals surface area contributed by atoms with Gasteiger partial charge in [-0.2, -0.15) is 0 Å². The zero-order valence-corrected chi connectivity index (χ0v) is 10.6. The zero-order valence-electron chi connectivity index (χ0n) is 9.83.